The van der Waals surface area contributed by atoms with Crippen LogP contribution in [-0.2, 0) is 0 Å². The van der Waals surface area contributed by atoms with Crippen molar-refractivity contribution in [3.05, 3.63) is 72.7 Å². The minimum Gasteiger partial charge on any atom is -0.437 e. The van der Waals surface area contributed by atoms with E-state index in [0.717, 1.165) is 5.69 Å². The Morgan fingerprint density at radius 1 is 1.12 bits per heavy atom. The number of pyridine rings is 1. The quantitative estimate of drug-likeness (QED) is 0.588. The molecule has 26 heavy (non-hydrogen) atoms. The van der Waals surface area contributed by atoms with E-state index in [9.17, 15) is 4.79 Å². The van der Waals surface area contributed by atoms with Crippen molar-refractivity contribution >= 4 is 23.1 Å². The molecule has 0 saturated heterocycles. The minimum atomic E-state index is -0.233. The standard InChI is InChI=1S/C18H14N6O2/c19-18-20-9-8-16(23-18)26-13-6-7-15-14(10-21-24(15)11-13)17(25)22-12-4-2-1-3-5-12/h1-11H,(H,22,25)(H2,19,20,23). The van der Waals surface area contributed by atoms with Crippen molar-refractivity contribution in [2.24, 2.45) is 0 Å². The highest BCUT2D eigenvalue weighted by molar-refractivity contribution is 6.08. The predicted octanol–water partition coefficient (Wildman–Crippen LogP) is 2.75. The van der Waals surface area contributed by atoms with Crippen LogP contribution in [0.3, 0.4) is 0 Å². The summed E-state index contributed by atoms with van der Waals surface area (Å²) in [7, 11) is 0. The van der Waals surface area contributed by atoms with Gasteiger partial charge in [-0.15, -0.1) is 0 Å². The van der Waals surface area contributed by atoms with Gasteiger partial charge in [-0.1, -0.05) is 18.2 Å². The largest absolute Gasteiger partial charge is 0.437 e. The number of nitrogens with one attached hydrogen (secondary N) is 1. The van der Waals surface area contributed by atoms with Gasteiger partial charge in [-0.05, 0) is 24.3 Å². The second kappa shape index (κ2) is 6.52. The number of hydrogen-bond donors (Lipinski definition) is 2. The van der Waals surface area contributed by atoms with E-state index in [1.165, 1.54) is 12.4 Å². The second-order valence-corrected chi connectivity index (χ2v) is 5.43. The molecule has 0 saturated carbocycles. The van der Waals surface area contributed by atoms with Crippen molar-refractivity contribution in [1.29, 1.82) is 0 Å². The Labute approximate surface area is 148 Å². The van der Waals surface area contributed by atoms with E-state index < -0.39 is 0 Å². The van der Waals surface area contributed by atoms with Crippen molar-refractivity contribution < 1.29 is 9.53 Å². The van der Waals surface area contributed by atoms with Gasteiger partial charge in [0, 0.05) is 18.0 Å². The van der Waals surface area contributed by atoms with Gasteiger partial charge >= 0.3 is 0 Å². The summed E-state index contributed by atoms with van der Waals surface area (Å²) >= 11 is 0. The lowest BCUT2D eigenvalue weighted by molar-refractivity contribution is 0.102. The first kappa shape index (κ1) is 15.6. The fraction of sp³-hybridized carbons (Fsp3) is 0. The van der Waals surface area contributed by atoms with Crippen LogP contribution in [0.4, 0.5) is 11.6 Å². The van der Waals surface area contributed by atoms with Crippen LogP contribution in [-0.4, -0.2) is 25.5 Å². The molecule has 8 heteroatoms. The van der Waals surface area contributed by atoms with Gasteiger partial charge in [-0.25, -0.2) is 9.50 Å². The Kier molecular flexibility index (Phi) is 3.91. The summed E-state index contributed by atoms with van der Waals surface area (Å²) in [5.74, 6) is 0.728. The van der Waals surface area contributed by atoms with Crippen molar-refractivity contribution in [2.75, 3.05) is 11.1 Å². The predicted molar refractivity (Wildman–Crippen MR) is 96.1 cm³/mol. The van der Waals surface area contributed by atoms with Gasteiger partial charge in [-0.2, -0.15) is 10.1 Å². The number of aromatic nitrogens is 4. The molecule has 0 aliphatic carbocycles. The lowest BCUT2D eigenvalue weighted by atomic mass is 10.2. The van der Waals surface area contributed by atoms with E-state index in [0.29, 0.717) is 22.7 Å². The van der Waals surface area contributed by atoms with E-state index >= 15 is 0 Å². The molecule has 0 bridgehead atoms. The van der Waals surface area contributed by atoms with Gasteiger partial charge in [-0.3, -0.25) is 4.79 Å². The fourth-order valence-corrected chi connectivity index (χ4v) is 2.45. The fourth-order valence-electron chi connectivity index (χ4n) is 2.45. The summed E-state index contributed by atoms with van der Waals surface area (Å²) in [4.78, 5) is 20.3. The summed E-state index contributed by atoms with van der Waals surface area (Å²) in [5.41, 5.74) is 7.38. The number of ether oxygens (including phenoxy) is 1. The summed E-state index contributed by atoms with van der Waals surface area (Å²) in [6, 6.07) is 14.3. The number of nitrogen functional groups attached to an aromatic ring is 1. The average molecular weight is 346 g/mol. The zero-order valence-electron chi connectivity index (χ0n) is 13.5. The maximum absolute atomic E-state index is 12.5. The monoisotopic (exact) mass is 346 g/mol. The molecule has 4 aromatic rings. The van der Waals surface area contributed by atoms with E-state index in [-0.39, 0.29) is 11.9 Å². The SMILES string of the molecule is Nc1nccc(Oc2ccc3c(C(=O)Nc4ccccc4)cnn3c2)n1. The first-order chi connectivity index (χ1) is 12.7. The molecule has 0 aliphatic rings. The maximum Gasteiger partial charge on any atom is 0.259 e. The molecule has 8 nitrogen and oxygen atoms in total. The zero-order valence-corrected chi connectivity index (χ0v) is 13.5. The Bertz CT molecular complexity index is 1080. The molecule has 0 radical (unpaired) electrons. The molecule has 0 unspecified atom stereocenters. The molecule has 4 rings (SSSR count). The normalized spacial score (nSPS) is 10.6. The van der Waals surface area contributed by atoms with E-state index in [1.807, 2.05) is 30.3 Å². The number of amides is 1. The van der Waals surface area contributed by atoms with Crippen LogP contribution in [0.15, 0.2) is 67.1 Å². The highest BCUT2D eigenvalue weighted by Gasteiger charge is 2.13. The number of carbonyl (C=O) groups excluding carboxylic acids is 1. The lowest BCUT2D eigenvalue weighted by Gasteiger charge is -2.06. The Hall–Kier alpha value is -3.94. The second-order valence-electron chi connectivity index (χ2n) is 5.43. The Morgan fingerprint density at radius 2 is 1.96 bits per heavy atom. The smallest absolute Gasteiger partial charge is 0.259 e. The molecule has 3 N–H and O–H groups in total. The van der Waals surface area contributed by atoms with Gasteiger partial charge in [0.1, 0.15) is 5.75 Å². The molecule has 3 heterocycles. The molecule has 1 amide bonds. The van der Waals surface area contributed by atoms with Crippen molar-refractivity contribution in [1.82, 2.24) is 19.6 Å². The van der Waals surface area contributed by atoms with Crippen molar-refractivity contribution in [3.63, 3.8) is 0 Å². The van der Waals surface area contributed by atoms with Gasteiger partial charge in [0.2, 0.25) is 11.8 Å². The summed E-state index contributed by atoms with van der Waals surface area (Å²) in [6.45, 7) is 0. The van der Waals surface area contributed by atoms with E-state index in [2.05, 4.69) is 20.4 Å². The molecule has 0 aliphatic heterocycles. The topological polar surface area (TPSA) is 107 Å². The number of nitrogens with zero attached hydrogens (tertiary/aromatic N) is 4. The molecule has 0 spiro atoms. The number of carbonyl (C=O) groups is 1. The minimum absolute atomic E-state index is 0.127. The number of hydrogen-bond acceptors (Lipinski definition) is 6. The maximum atomic E-state index is 12.5. The average Bonchev–Trinajstić information content (AvgIpc) is 3.06. The number of nitrogens with two attached hydrogens (primary N) is 1. The van der Waals surface area contributed by atoms with Crippen LogP contribution in [0.5, 0.6) is 11.6 Å². The third kappa shape index (κ3) is 3.16. The molecule has 3 aromatic heterocycles. The number of fused-ring (bicyclic) bond motifs is 1. The number of para-hydroxylation sites is 1. The summed E-state index contributed by atoms with van der Waals surface area (Å²) in [5, 5.41) is 7.06. The number of benzene rings is 1. The Morgan fingerprint density at radius 3 is 2.77 bits per heavy atom. The van der Waals surface area contributed by atoms with Crippen LogP contribution in [0, 0.1) is 0 Å². The molecular formula is C18H14N6O2. The molecule has 1 aromatic carbocycles. The highest BCUT2D eigenvalue weighted by atomic mass is 16.5. The van der Waals surface area contributed by atoms with Gasteiger partial charge in [0.05, 0.1) is 23.5 Å². The van der Waals surface area contributed by atoms with Crippen molar-refractivity contribution in [3.8, 4) is 11.6 Å². The molecule has 128 valence electrons. The van der Waals surface area contributed by atoms with Crippen LogP contribution < -0.4 is 15.8 Å². The number of rotatable bonds is 4. The first-order valence-electron chi connectivity index (χ1n) is 7.79. The van der Waals surface area contributed by atoms with Crippen LogP contribution >= 0.6 is 0 Å². The van der Waals surface area contributed by atoms with Crippen LogP contribution in [0.1, 0.15) is 10.4 Å². The third-order valence-corrected chi connectivity index (χ3v) is 3.64. The van der Waals surface area contributed by atoms with Gasteiger partial charge < -0.3 is 15.8 Å². The third-order valence-electron chi connectivity index (χ3n) is 3.64. The Balaban J connectivity index is 1.58. The van der Waals surface area contributed by atoms with Crippen LogP contribution in [0.2, 0.25) is 0 Å². The van der Waals surface area contributed by atoms with E-state index in [1.54, 1.807) is 28.9 Å². The highest BCUT2D eigenvalue weighted by Crippen LogP contribution is 2.22. The summed E-state index contributed by atoms with van der Waals surface area (Å²) < 4.78 is 7.21. The summed E-state index contributed by atoms with van der Waals surface area (Å²) in [6.07, 6.45) is 4.68. The van der Waals surface area contributed by atoms with Crippen molar-refractivity contribution in [2.45, 2.75) is 0 Å². The lowest BCUT2D eigenvalue weighted by Crippen LogP contribution is -2.11. The molecule has 0 atom stereocenters. The van der Waals surface area contributed by atoms with E-state index in [4.69, 9.17) is 10.5 Å². The molecular weight excluding hydrogens is 332 g/mol. The number of anilines is 2. The first-order valence-corrected chi connectivity index (χ1v) is 7.79. The van der Waals surface area contributed by atoms with Crippen LogP contribution in [0.25, 0.3) is 5.52 Å². The van der Waals surface area contributed by atoms with Gasteiger partial charge in [0.15, 0.2) is 0 Å². The molecule has 0 fully saturated rings. The zero-order chi connectivity index (χ0) is 17.9. The van der Waals surface area contributed by atoms with Gasteiger partial charge in [0.25, 0.3) is 5.91 Å².